The number of aromatic nitrogens is 6. The minimum Gasteiger partial charge on any atom is -0.382 e. The van der Waals surface area contributed by atoms with Gasteiger partial charge in [-0.05, 0) is 62.2 Å². The van der Waals surface area contributed by atoms with Crippen molar-refractivity contribution in [3.05, 3.63) is 93.8 Å². The molecule has 0 radical (unpaired) electrons. The molecular formula is C32H33N9O3. The molecule has 12 nitrogen and oxygen atoms in total. The second-order valence-electron chi connectivity index (χ2n) is 10.9. The Labute approximate surface area is 254 Å². The third-order valence-electron chi connectivity index (χ3n) is 8.20. The van der Waals surface area contributed by atoms with E-state index in [4.69, 9.17) is 15.5 Å². The predicted molar refractivity (Wildman–Crippen MR) is 169 cm³/mol. The molecule has 5 heterocycles. The monoisotopic (exact) mass is 591 g/mol. The van der Waals surface area contributed by atoms with E-state index >= 15 is 0 Å². The van der Waals surface area contributed by atoms with Crippen LogP contribution in [-0.4, -0.2) is 61.5 Å². The lowest BCUT2D eigenvalue weighted by atomic mass is 10.1. The smallest absolute Gasteiger partial charge is 0.284 e. The number of amides is 1. The summed E-state index contributed by atoms with van der Waals surface area (Å²) in [5.41, 5.74) is 12.0. The summed E-state index contributed by atoms with van der Waals surface area (Å²) < 4.78 is 8.59. The number of carbonyl (C=O) groups excluding carboxylic acids is 1. The first-order chi connectivity index (χ1) is 21.2. The Morgan fingerprint density at radius 3 is 2.55 bits per heavy atom. The number of methoxy groups -OCH3 is 1. The highest BCUT2D eigenvalue weighted by Crippen LogP contribution is 2.28. The molecule has 4 aromatic heterocycles. The number of nitrogens with one attached hydrogen (secondary N) is 1. The molecule has 1 saturated heterocycles. The molecule has 44 heavy (non-hydrogen) atoms. The van der Waals surface area contributed by atoms with Crippen molar-refractivity contribution < 1.29 is 9.53 Å². The first-order valence-electron chi connectivity index (χ1n) is 14.2. The summed E-state index contributed by atoms with van der Waals surface area (Å²) >= 11 is 0. The molecule has 3 N–H and O–H groups in total. The zero-order valence-corrected chi connectivity index (χ0v) is 25.2. The van der Waals surface area contributed by atoms with Crippen molar-refractivity contribution in [3.8, 4) is 28.3 Å². The number of nitrogen functional groups attached to an aromatic ring is 1. The highest BCUT2D eigenvalue weighted by molar-refractivity contribution is 6.05. The Hall–Kier alpha value is -5.36. The molecule has 1 aliphatic rings. The minimum absolute atomic E-state index is 0.0629. The van der Waals surface area contributed by atoms with Gasteiger partial charge in [0, 0.05) is 39.0 Å². The lowest BCUT2D eigenvalue weighted by Crippen LogP contribution is -2.52. The average Bonchev–Trinajstić information content (AvgIpc) is 3.22. The maximum atomic E-state index is 13.5. The molecule has 0 unspecified atom stereocenters. The molecule has 0 atom stereocenters. The van der Waals surface area contributed by atoms with Gasteiger partial charge >= 0.3 is 0 Å². The first-order valence-corrected chi connectivity index (χ1v) is 14.2. The third kappa shape index (κ3) is 5.09. The van der Waals surface area contributed by atoms with Crippen molar-refractivity contribution in [2.24, 2.45) is 7.05 Å². The van der Waals surface area contributed by atoms with E-state index in [1.54, 1.807) is 50.3 Å². The van der Waals surface area contributed by atoms with Crippen LogP contribution < -0.4 is 21.5 Å². The highest BCUT2D eigenvalue weighted by Gasteiger charge is 2.28. The zero-order valence-electron chi connectivity index (χ0n) is 25.2. The van der Waals surface area contributed by atoms with E-state index < -0.39 is 11.5 Å². The maximum Gasteiger partial charge on any atom is 0.284 e. The number of carbonyl (C=O) groups is 1. The summed E-state index contributed by atoms with van der Waals surface area (Å²) in [6.45, 7) is 7.26. The summed E-state index contributed by atoms with van der Waals surface area (Å²) in [6.07, 6.45) is 5.07. The van der Waals surface area contributed by atoms with Crippen LogP contribution in [0.15, 0.2) is 65.8 Å². The number of rotatable bonds is 7. The SMILES string of the molecule is COC1CN(c2cc(-c3cnc(N)c(-c4ccc(NC(=O)c5c(C)n(C)n(-c6cccc(C)c6C)c5=O)cn4)n3)ccn2)C1. The van der Waals surface area contributed by atoms with Crippen molar-refractivity contribution in [3.63, 3.8) is 0 Å². The molecule has 1 aliphatic heterocycles. The minimum atomic E-state index is -0.518. The lowest BCUT2D eigenvalue weighted by molar-refractivity contribution is 0.0783. The van der Waals surface area contributed by atoms with E-state index in [2.05, 4.69) is 25.2 Å². The zero-order chi connectivity index (χ0) is 31.1. The van der Waals surface area contributed by atoms with Gasteiger partial charge in [0.25, 0.3) is 11.5 Å². The first kappa shape index (κ1) is 28.7. The van der Waals surface area contributed by atoms with Crippen LogP contribution in [-0.2, 0) is 11.8 Å². The van der Waals surface area contributed by atoms with Crippen molar-refractivity contribution in [1.82, 2.24) is 29.3 Å². The predicted octanol–water partition coefficient (Wildman–Crippen LogP) is 3.68. The Bertz CT molecular complexity index is 1940. The van der Waals surface area contributed by atoms with Crippen LogP contribution in [0, 0.1) is 20.8 Å². The van der Waals surface area contributed by atoms with Gasteiger partial charge < -0.3 is 20.7 Å². The van der Waals surface area contributed by atoms with Gasteiger partial charge in [0.2, 0.25) is 0 Å². The topological polar surface area (TPSA) is 146 Å². The van der Waals surface area contributed by atoms with E-state index in [9.17, 15) is 9.59 Å². The molecule has 5 aromatic rings. The molecule has 0 spiro atoms. The standard InChI is InChI=1S/C32H33N9O3/c1-18-7-6-8-26(19(18)2)41-32(43)28(20(3)39(41)4)31(42)37-22-9-10-24(35-14-22)29-30(33)36-15-25(38-29)21-11-12-34-27(13-21)40-16-23(17-40)44-5/h6-15,23H,16-17H2,1-5H3,(H2,33,36)(H,37,42). The summed E-state index contributed by atoms with van der Waals surface area (Å²) in [7, 11) is 3.47. The van der Waals surface area contributed by atoms with Crippen LogP contribution in [0.1, 0.15) is 27.2 Å². The van der Waals surface area contributed by atoms with Crippen LogP contribution in [0.5, 0.6) is 0 Å². The van der Waals surface area contributed by atoms with Gasteiger partial charge in [0.1, 0.15) is 17.1 Å². The molecule has 1 fully saturated rings. The largest absolute Gasteiger partial charge is 0.382 e. The number of anilines is 3. The molecule has 12 heteroatoms. The van der Waals surface area contributed by atoms with Crippen molar-refractivity contribution in [2.75, 3.05) is 36.1 Å². The number of ether oxygens (including phenoxy) is 1. The van der Waals surface area contributed by atoms with Gasteiger partial charge in [0.15, 0.2) is 5.82 Å². The fraction of sp³-hybridized carbons (Fsp3) is 0.250. The fourth-order valence-corrected chi connectivity index (χ4v) is 5.26. The van der Waals surface area contributed by atoms with Gasteiger partial charge in [-0.15, -0.1) is 0 Å². The molecule has 1 aromatic carbocycles. The number of pyridine rings is 2. The Kier molecular flexibility index (Phi) is 7.43. The van der Waals surface area contributed by atoms with Crippen LogP contribution in [0.3, 0.4) is 0 Å². The molecule has 0 aliphatic carbocycles. The molecule has 1 amide bonds. The molecule has 224 valence electrons. The fourth-order valence-electron chi connectivity index (χ4n) is 5.26. The summed E-state index contributed by atoms with van der Waals surface area (Å²) in [6, 6.07) is 13.0. The normalized spacial score (nSPS) is 13.2. The quantitative estimate of drug-likeness (QED) is 0.289. The lowest BCUT2D eigenvalue weighted by Gasteiger charge is -2.39. The van der Waals surface area contributed by atoms with E-state index in [1.807, 2.05) is 44.2 Å². The van der Waals surface area contributed by atoms with Gasteiger partial charge in [-0.1, -0.05) is 12.1 Å². The second kappa shape index (κ2) is 11.4. The van der Waals surface area contributed by atoms with E-state index in [-0.39, 0.29) is 17.5 Å². The van der Waals surface area contributed by atoms with Crippen LogP contribution in [0.4, 0.5) is 17.3 Å². The molecule has 0 bridgehead atoms. The number of aryl methyl sites for hydroxylation is 1. The number of hydrogen-bond donors (Lipinski definition) is 2. The van der Waals surface area contributed by atoms with Crippen LogP contribution >= 0.6 is 0 Å². The summed E-state index contributed by atoms with van der Waals surface area (Å²) in [5, 5.41) is 2.81. The summed E-state index contributed by atoms with van der Waals surface area (Å²) in [5.74, 6) is 0.545. The van der Waals surface area contributed by atoms with Gasteiger partial charge in [-0.3, -0.25) is 19.3 Å². The van der Waals surface area contributed by atoms with Crippen molar-refractivity contribution in [2.45, 2.75) is 26.9 Å². The van der Waals surface area contributed by atoms with Gasteiger partial charge in [-0.25, -0.2) is 19.6 Å². The Balaban J connectivity index is 1.23. The van der Waals surface area contributed by atoms with Gasteiger partial charge in [-0.2, -0.15) is 0 Å². The van der Waals surface area contributed by atoms with E-state index in [1.165, 1.54) is 10.9 Å². The number of nitrogens with zero attached hydrogens (tertiary/aromatic N) is 7. The molecule has 6 rings (SSSR count). The average molecular weight is 592 g/mol. The van der Waals surface area contributed by atoms with Gasteiger partial charge in [0.05, 0.1) is 47.0 Å². The highest BCUT2D eigenvalue weighted by atomic mass is 16.5. The Morgan fingerprint density at radius 1 is 1.02 bits per heavy atom. The summed E-state index contributed by atoms with van der Waals surface area (Å²) in [4.78, 5) is 47.0. The third-order valence-corrected chi connectivity index (χ3v) is 8.20. The molecular weight excluding hydrogens is 558 g/mol. The van der Waals surface area contributed by atoms with E-state index in [0.717, 1.165) is 41.3 Å². The second-order valence-corrected chi connectivity index (χ2v) is 10.9. The van der Waals surface area contributed by atoms with Crippen LogP contribution in [0.2, 0.25) is 0 Å². The number of nitrogens with two attached hydrogens (primary N) is 1. The van der Waals surface area contributed by atoms with Crippen molar-refractivity contribution in [1.29, 1.82) is 0 Å². The molecule has 0 saturated carbocycles. The van der Waals surface area contributed by atoms with Crippen molar-refractivity contribution >= 4 is 23.2 Å². The number of benzene rings is 1. The van der Waals surface area contributed by atoms with Crippen LogP contribution in [0.25, 0.3) is 28.3 Å². The van der Waals surface area contributed by atoms with E-state index in [0.29, 0.717) is 28.5 Å². The Morgan fingerprint density at radius 2 is 1.82 bits per heavy atom. The number of hydrogen-bond acceptors (Lipinski definition) is 9. The maximum absolute atomic E-state index is 13.5.